The first-order valence-electron chi connectivity index (χ1n) is 10.8. The molecule has 3 unspecified atom stereocenters. The lowest BCUT2D eigenvalue weighted by Crippen LogP contribution is -2.45. The summed E-state index contributed by atoms with van der Waals surface area (Å²) < 4.78 is 2.05. The Morgan fingerprint density at radius 3 is 2.53 bits per heavy atom. The number of hydrogen-bond donors (Lipinski definition) is 0. The first-order valence-corrected chi connectivity index (χ1v) is 12.1. The number of likely N-dealkylation sites (tertiary alicyclic amines) is 1. The van der Waals surface area contributed by atoms with Gasteiger partial charge in [-0.2, -0.15) is 0 Å². The van der Waals surface area contributed by atoms with Crippen LogP contribution in [0.25, 0.3) is 5.69 Å². The third kappa shape index (κ3) is 4.62. The van der Waals surface area contributed by atoms with Crippen LogP contribution in [0.3, 0.4) is 0 Å². The van der Waals surface area contributed by atoms with Crippen molar-refractivity contribution in [2.75, 3.05) is 31.1 Å². The Morgan fingerprint density at radius 2 is 1.87 bits per heavy atom. The number of thioether (sulfide) groups is 1. The van der Waals surface area contributed by atoms with Crippen LogP contribution in [0, 0.1) is 11.8 Å². The van der Waals surface area contributed by atoms with Gasteiger partial charge in [0.25, 0.3) is 0 Å². The predicted octanol–water partition coefficient (Wildman–Crippen LogP) is 4.51. The van der Waals surface area contributed by atoms with Crippen LogP contribution in [0.4, 0.5) is 5.95 Å². The smallest absolute Gasteiger partial charge is 0.235 e. The van der Waals surface area contributed by atoms with Crippen LogP contribution in [0.5, 0.6) is 0 Å². The zero-order chi connectivity index (χ0) is 21.3. The van der Waals surface area contributed by atoms with Crippen molar-refractivity contribution in [2.45, 2.75) is 50.4 Å². The largest absolute Gasteiger partial charge is 0.341 e. The maximum absolute atomic E-state index is 13.2. The Bertz CT molecular complexity index is 887. The molecule has 2 fully saturated rings. The zero-order valence-corrected chi connectivity index (χ0v) is 19.5. The second kappa shape index (κ2) is 9.18. The summed E-state index contributed by atoms with van der Waals surface area (Å²) >= 11 is 7.76. The number of nitrogens with zero attached hydrogens (tertiary/aromatic N) is 5. The number of hydrogen-bond acceptors (Lipinski definition) is 5. The molecule has 1 aromatic heterocycles. The molecule has 0 saturated carbocycles. The molecule has 0 spiro atoms. The quantitative estimate of drug-likeness (QED) is 0.631. The first kappa shape index (κ1) is 21.5. The molecule has 2 saturated heterocycles. The first-order chi connectivity index (χ1) is 14.4. The van der Waals surface area contributed by atoms with E-state index in [0.29, 0.717) is 16.9 Å². The van der Waals surface area contributed by atoms with E-state index < -0.39 is 0 Å². The van der Waals surface area contributed by atoms with E-state index in [-0.39, 0.29) is 11.2 Å². The lowest BCUT2D eigenvalue weighted by molar-refractivity contribution is -0.132. The topological polar surface area (TPSA) is 54.3 Å². The molecule has 30 heavy (non-hydrogen) atoms. The van der Waals surface area contributed by atoms with Gasteiger partial charge in [0.15, 0.2) is 5.16 Å². The standard InChI is InChI=1S/C22H30ClN5OS/c1-15-11-16(2)14-27(13-15)20(29)17(3)30-22-25-24-21(26-9-4-5-10-26)28(22)19-8-6-7-18(23)12-19/h6-8,12,15-17H,4-5,9-11,13-14H2,1-3H3. The average molecular weight is 448 g/mol. The predicted molar refractivity (Wildman–Crippen MR) is 123 cm³/mol. The van der Waals surface area contributed by atoms with Crippen molar-refractivity contribution in [1.29, 1.82) is 0 Å². The van der Waals surface area contributed by atoms with Crippen molar-refractivity contribution < 1.29 is 4.79 Å². The molecule has 0 radical (unpaired) electrons. The number of carbonyl (C=O) groups excluding carboxylic acids is 1. The van der Waals surface area contributed by atoms with Gasteiger partial charge >= 0.3 is 0 Å². The highest BCUT2D eigenvalue weighted by molar-refractivity contribution is 8.00. The number of anilines is 1. The second-order valence-electron chi connectivity index (χ2n) is 8.74. The number of benzene rings is 1. The van der Waals surface area contributed by atoms with E-state index in [2.05, 4.69) is 28.9 Å². The molecule has 2 aromatic rings. The fourth-order valence-electron chi connectivity index (χ4n) is 4.61. The molecule has 8 heteroatoms. The van der Waals surface area contributed by atoms with Crippen LogP contribution < -0.4 is 4.90 Å². The van der Waals surface area contributed by atoms with E-state index in [0.717, 1.165) is 55.8 Å². The molecule has 1 amide bonds. The van der Waals surface area contributed by atoms with Crippen LogP contribution in [0.1, 0.15) is 40.0 Å². The third-order valence-electron chi connectivity index (χ3n) is 5.88. The van der Waals surface area contributed by atoms with Gasteiger partial charge < -0.3 is 9.80 Å². The Balaban J connectivity index is 1.60. The molecule has 1 aromatic carbocycles. The third-order valence-corrected chi connectivity index (χ3v) is 7.15. The number of carbonyl (C=O) groups is 1. The molecule has 0 aliphatic carbocycles. The molecule has 6 nitrogen and oxygen atoms in total. The molecule has 2 aliphatic rings. The van der Waals surface area contributed by atoms with Crippen molar-refractivity contribution in [3.63, 3.8) is 0 Å². The fraction of sp³-hybridized carbons (Fsp3) is 0.591. The summed E-state index contributed by atoms with van der Waals surface area (Å²) in [5.41, 5.74) is 0.928. The zero-order valence-electron chi connectivity index (χ0n) is 17.9. The Labute approximate surface area is 188 Å². The maximum Gasteiger partial charge on any atom is 0.235 e. The molecule has 2 aliphatic heterocycles. The molecule has 4 rings (SSSR count). The van der Waals surface area contributed by atoms with Gasteiger partial charge in [0.1, 0.15) is 0 Å². The number of piperidine rings is 1. The Kier molecular flexibility index (Phi) is 6.58. The number of aromatic nitrogens is 3. The van der Waals surface area contributed by atoms with Gasteiger partial charge in [-0.05, 0) is 56.2 Å². The Hall–Kier alpha value is -1.73. The molecule has 3 heterocycles. The van der Waals surface area contributed by atoms with Crippen LogP contribution in [0.2, 0.25) is 5.02 Å². The summed E-state index contributed by atoms with van der Waals surface area (Å²) in [6.07, 6.45) is 3.50. The lowest BCUT2D eigenvalue weighted by Gasteiger charge is -2.36. The highest BCUT2D eigenvalue weighted by Crippen LogP contribution is 2.32. The van der Waals surface area contributed by atoms with E-state index in [1.54, 1.807) is 0 Å². The highest BCUT2D eigenvalue weighted by Gasteiger charge is 2.31. The SMILES string of the molecule is CC1CC(C)CN(C(=O)C(C)Sc2nnc(N3CCCC3)n2-c2cccc(Cl)c2)C1. The van der Waals surface area contributed by atoms with Crippen LogP contribution in [-0.2, 0) is 4.79 Å². The van der Waals surface area contributed by atoms with E-state index in [9.17, 15) is 4.79 Å². The van der Waals surface area contributed by atoms with Crippen molar-refractivity contribution in [3.8, 4) is 5.69 Å². The van der Waals surface area contributed by atoms with Crippen LogP contribution in [-0.4, -0.2) is 57.0 Å². The number of rotatable bonds is 5. The summed E-state index contributed by atoms with van der Waals surface area (Å²) in [5, 5.41) is 10.2. The van der Waals surface area contributed by atoms with Gasteiger partial charge in [0.2, 0.25) is 11.9 Å². The minimum Gasteiger partial charge on any atom is -0.341 e. The number of halogens is 1. The average Bonchev–Trinajstić information content (AvgIpc) is 3.36. The van der Waals surface area contributed by atoms with Crippen molar-refractivity contribution >= 4 is 35.2 Å². The summed E-state index contributed by atoms with van der Waals surface area (Å²) in [7, 11) is 0. The molecule has 162 valence electrons. The van der Waals surface area contributed by atoms with Gasteiger partial charge in [0.05, 0.1) is 10.9 Å². The summed E-state index contributed by atoms with van der Waals surface area (Å²) in [4.78, 5) is 17.5. The summed E-state index contributed by atoms with van der Waals surface area (Å²) in [6, 6.07) is 7.74. The Morgan fingerprint density at radius 1 is 1.17 bits per heavy atom. The summed E-state index contributed by atoms with van der Waals surface area (Å²) in [6.45, 7) is 10.1. The number of amides is 1. The second-order valence-corrected chi connectivity index (χ2v) is 10.5. The fourth-order valence-corrected chi connectivity index (χ4v) is 5.74. The maximum atomic E-state index is 13.2. The monoisotopic (exact) mass is 447 g/mol. The minimum absolute atomic E-state index is 0.182. The van der Waals surface area contributed by atoms with Crippen LogP contribution in [0.15, 0.2) is 29.4 Å². The van der Waals surface area contributed by atoms with E-state index >= 15 is 0 Å². The van der Waals surface area contributed by atoms with Crippen LogP contribution >= 0.6 is 23.4 Å². The highest BCUT2D eigenvalue weighted by atomic mass is 35.5. The van der Waals surface area contributed by atoms with Crippen molar-refractivity contribution in [3.05, 3.63) is 29.3 Å². The lowest BCUT2D eigenvalue weighted by atomic mass is 9.92. The van der Waals surface area contributed by atoms with Crippen molar-refractivity contribution in [1.82, 2.24) is 19.7 Å². The van der Waals surface area contributed by atoms with Gasteiger partial charge in [-0.3, -0.25) is 9.36 Å². The normalized spacial score (nSPS) is 23.1. The van der Waals surface area contributed by atoms with E-state index in [4.69, 9.17) is 11.6 Å². The van der Waals surface area contributed by atoms with Gasteiger partial charge in [-0.15, -0.1) is 10.2 Å². The molecule has 3 atom stereocenters. The molecule has 0 bridgehead atoms. The van der Waals surface area contributed by atoms with E-state index in [1.807, 2.05) is 40.7 Å². The van der Waals surface area contributed by atoms with Crippen molar-refractivity contribution in [2.24, 2.45) is 11.8 Å². The van der Waals surface area contributed by atoms with Gasteiger partial charge in [-0.1, -0.05) is 43.3 Å². The minimum atomic E-state index is -0.226. The molecular formula is C22H30ClN5OS. The molecular weight excluding hydrogens is 418 g/mol. The van der Waals surface area contributed by atoms with Gasteiger partial charge in [0, 0.05) is 31.2 Å². The van der Waals surface area contributed by atoms with E-state index in [1.165, 1.54) is 18.2 Å². The van der Waals surface area contributed by atoms with Gasteiger partial charge in [-0.25, -0.2) is 0 Å². The summed E-state index contributed by atoms with van der Waals surface area (Å²) in [5.74, 6) is 2.11. The molecule has 0 N–H and O–H groups in total.